The zero-order valence-corrected chi connectivity index (χ0v) is 14.1. The summed E-state index contributed by atoms with van der Waals surface area (Å²) >= 11 is 0. The third-order valence-electron chi connectivity index (χ3n) is 4.67. The maximum absolute atomic E-state index is 12.9. The fraction of sp³-hybridized carbons (Fsp3) is 0.381. The van der Waals surface area contributed by atoms with E-state index in [2.05, 4.69) is 53.4 Å². The molecule has 2 nitrogen and oxygen atoms in total. The fourth-order valence-electron chi connectivity index (χ4n) is 3.54. The number of hydrogen-bond acceptors (Lipinski definition) is 2. The van der Waals surface area contributed by atoms with Crippen LogP contribution in [0.3, 0.4) is 0 Å². The highest BCUT2D eigenvalue weighted by atomic mass is 16.1. The minimum absolute atomic E-state index is 0.147. The van der Waals surface area contributed by atoms with Crippen molar-refractivity contribution >= 4 is 22.6 Å². The Morgan fingerprint density at radius 2 is 1.87 bits per heavy atom. The van der Waals surface area contributed by atoms with Gasteiger partial charge in [0.2, 0.25) is 0 Å². The van der Waals surface area contributed by atoms with E-state index in [0.717, 1.165) is 43.4 Å². The number of rotatable bonds is 3. The molecule has 120 valence electrons. The first kappa shape index (κ1) is 15.9. The average Bonchev–Trinajstić information content (AvgIpc) is 2.71. The molecule has 3 rings (SSSR count). The van der Waals surface area contributed by atoms with Crippen LogP contribution in [0.5, 0.6) is 0 Å². The Kier molecular flexibility index (Phi) is 4.92. The molecular weight excluding hydrogens is 282 g/mol. The van der Waals surface area contributed by atoms with E-state index in [1.165, 1.54) is 10.8 Å². The highest BCUT2D eigenvalue weighted by Gasteiger charge is 2.25. The molecule has 0 radical (unpaired) electrons. The van der Waals surface area contributed by atoms with Crippen LogP contribution in [-0.4, -0.2) is 31.3 Å². The molecule has 0 spiro atoms. The Morgan fingerprint density at radius 1 is 1.09 bits per heavy atom. The van der Waals surface area contributed by atoms with Gasteiger partial charge < -0.3 is 4.90 Å². The van der Waals surface area contributed by atoms with E-state index in [1.54, 1.807) is 0 Å². The van der Waals surface area contributed by atoms with Gasteiger partial charge in [0.15, 0.2) is 5.78 Å². The molecule has 1 unspecified atom stereocenters. The molecule has 1 saturated carbocycles. The normalized spacial score (nSPS) is 21.1. The van der Waals surface area contributed by atoms with E-state index in [4.69, 9.17) is 0 Å². The number of benzene rings is 2. The summed E-state index contributed by atoms with van der Waals surface area (Å²) in [5.74, 6) is 0.498. The van der Waals surface area contributed by atoms with Crippen molar-refractivity contribution in [2.45, 2.75) is 25.7 Å². The third-order valence-corrected chi connectivity index (χ3v) is 4.67. The van der Waals surface area contributed by atoms with Gasteiger partial charge in [-0.3, -0.25) is 4.79 Å². The van der Waals surface area contributed by atoms with Gasteiger partial charge in [0.25, 0.3) is 0 Å². The van der Waals surface area contributed by atoms with Gasteiger partial charge in [0, 0.05) is 12.5 Å². The standard InChI is InChI=1S/C21H25NO/c1-22(2)15-19-10-4-3-9-18(21(19)23)14-17-12-7-11-16-8-5-6-13-20(16)17/h5-8,11-14,19H,3-4,9-10,15H2,1-2H3. The Labute approximate surface area is 138 Å². The van der Waals surface area contributed by atoms with Gasteiger partial charge in [-0.05, 0) is 61.3 Å². The molecule has 1 aliphatic carbocycles. The predicted octanol–water partition coefficient (Wildman–Crippen LogP) is 4.54. The van der Waals surface area contributed by atoms with Crippen LogP contribution >= 0.6 is 0 Å². The van der Waals surface area contributed by atoms with Crippen molar-refractivity contribution < 1.29 is 4.79 Å². The van der Waals surface area contributed by atoms with E-state index >= 15 is 0 Å². The van der Waals surface area contributed by atoms with Crippen molar-refractivity contribution in [3.63, 3.8) is 0 Å². The lowest BCUT2D eigenvalue weighted by molar-refractivity contribution is -0.119. The van der Waals surface area contributed by atoms with Crippen molar-refractivity contribution in [2.75, 3.05) is 20.6 Å². The number of carbonyl (C=O) groups excluding carboxylic acids is 1. The van der Waals surface area contributed by atoms with Gasteiger partial charge in [-0.1, -0.05) is 48.9 Å². The van der Waals surface area contributed by atoms with Gasteiger partial charge >= 0.3 is 0 Å². The van der Waals surface area contributed by atoms with Crippen LogP contribution in [0.1, 0.15) is 31.2 Å². The molecule has 0 aliphatic heterocycles. The van der Waals surface area contributed by atoms with E-state index in [9.17, 15) is 4.79 Å². The summed E-state index contributed by atoms with van der Waals surface area (Å²) in [6, 6.07) is 14.7. The molecule has 2 heteroatoms. The lowest BCUT2D eigenvalue weighted by atomic mass is 9.93. The van der Waals surface area contributed by atoms with Crippen LogP contribution in [0.25, 0.3) is 16.8 Å². The van der Waals surface area contributed by atoms with E-state index < -0.39 is 0 Å². The molecule has 1 atom stereocenters. The molecule has 2 aromatic carbocycles. The predicted molar refractivity (Wildman–Crippen MR) is 97.4 cm³/mol. The molecule has 23 heavy (non-hydrogen) atoms. The summed E-state index contributed by atoms with van der Waals surface area (Å²) in [7, 11) is 4.10. The molecule has 0 saturated heterocycles. The first-order valence-corrected chi connectivity index (χ1v) is 8.52. The SMILES string of the molecule is CN(C)CC1CCCCC(=Cc2cccc3ccccc23)C1=O. The van der Waals surface area contributed by atoms with Gasteiger partial charge in [0.05, 0.1) is 0 Å². The second kappa shape index (κ2) is 7.10. The highest BCUT2D eigenvalue weighted by Crippen LogP contribution is 2.28. The number of carbonyl (C=O) groups is 1. The van der Waals surface area contributed by atoms with Gasteiger partial charge in [0.1, 0.15) is 0 Å². The van der Waals surface area contributed by atoms with Crippen molar-refractivity contribution in [3.05, 3.63) is 53.6 Å². The van der Waals surface area contributed by atoms with Crippen LogP contribution in [0.2, 0.25) is 0 Å². The molecular formula is C21H25NO. The molecule has 0 aromatic heterocycles. The fourth-order valence-corrected chi connectivity index (χ4v) is 3.54. The van der Waals surface area contributed by atoms with Crippen molar-refractivity contribution in [1.82, 2.24) is 4.90 Å². The summed E-state index contributed by atoms with van der Waals surface area (Å²) in [5, 5.41) is 2.46. The summed E-state index contributed by atoms with van der Waals surface area (Å²) < 4.78 is 0. The first-order valence-electron chi connectivity index (χ1n) is 8.52. The number of Topliss-reactive ketones (excluding diaryl/α,β-unsaturated/α-hetero) is 1. The Hall–Kier alpha value is -1.93. The maximum Gasteiger partial charge on any atom is 0.163 e. The lowest BCUT2D eigenvalue weighted by Gasteiger charge is -2.18. The number of nitrogens with zero attached hydrogens (tertiary/aromatic N) is 1. The van der Waals surface area contributed by atoms with E-state index in [1.807, 2.05) is 14.1 Å². The Bertz CT molecular complexity index is 724. The highest BCUT2D eigenvalue weighted by molar-refractivity contribution is 6.03. The molecule has 0 amide bonds. The van der Waals surface area contributed by atoms with Gasteiger partial charge in [-0.15, -0.1) is 0 Å². The quantitative estimate of drug-likeness (QED) is 0.613. The molecule has 0 heterocycles. The third kappa shape index (κ3) is 3.70. The van der Waals surface area contributed by atoms with Crippen LogP contribution < -0.4 is 0 Å². The van der Waals surface area contributed by atoms with Crippen LogP contribution in [0.15, 0.2) is 48.0 Å². The topological polar surface area (TPSA) is 20.3 Å². The van der Waals surface area contributed by atoms with Crippen LogP contribution in [0.4, 0.5) is 0 Å². The first-order chi connectivity index (χ1) is 11.1. The Morgan fingerprint density at radius 3 is 2.70 bits per heavy atom. The maximum atomic E-state index is 12.9. The van der Waals surface area contributed by atoms with E-state index in [0.29, 0.717) is 5.78 Å². The summed E-state index contributed by atoms with van der Waals surface area (Å²) in [4.78, 5) is 15.1. The zero-order valence-electron chi connectivity index (χ0n) is 14.1. The molecule has 0 N–H and O–H groups in total. The number of ketones is 1. The average molecular weight is 307 g/mol. The Balaban J connectivity index is 1.97. The molecule has 1 aliphatic rings. The summed E-state index contributed by atoms with van der Waals surface area (Å²) in [6.45, 7) is 0.853. The number of fused-ring (bicyclic) bond motifs is 1. The zero-order chi connectivity index (χ0) is 16.2. The van der Waals surface area contributed by atoms with Crippen LogP contribution in [-0.2, 0) is 4.79 Å². The largest absolute Gasteiger partial charge is 0.309 e. The minimum atomic E-state index is 0.147. The van der Waals surface area contributed by atoms with Crippen molar-refractivity contribution in [1.29, 1.82) is 0 Å². The number of allylic oxidation sites excluding steroid dienone is 1. The molecule has 0 bridgehead atoms. The summed E-state index contributed by atoms with van der Waals surface area (Å²) in [5.41, 5.74) is 2.17. The second-order valence-electron chi connectivity index (χ2n) is 6.81. The van der Waals surface area contributed by atoms with Crippen molar-refractivity contribution in [2.24, 2.45) is 5.92 Å². The van der Waals surface area contributed by atoms with Crippen molar-refractivity contribution in [3.8, 4) is 0 Å². The minimum Gasteiger partial charge on any atom is -0.309 e. The second-order valence-corrected chi connectivity index (χ2v) is 6.81. The lowest BCUT2D eigenvalue weighted by Crippen LogP contribution is -2.27. The monoisotopic (exact) mass is 307 g/mol. The smallest absolute Gasteiger partial charge is 0.163 e. The van der Waals surface area contributed by atoms with Gasteiger partial charge in [-0.2, -0.15) is 0 Å². The molecule has 1 fully saturated rings. The van der Waals surface area contributed by atoms with Crippen LogP contribution in [0, 0.1) is 5.92 Å². The number of hydrogen-bond donors (Lipinski definition) is 0. The molecule has 2 aromatic rings. The van der Waals surface area contributed by atoms with Gasteiger partial charge in [-0.25, -0.2) is 0 Å². The summed E-state index contributed by atoms with van der Waals surface area (Å²) in [6.07, 6.45) is 6.33. The van der Waals surface area contributed by atoms with E-state index in [-0.39, 0.29) is 5.92 Å².